The largest absolute Gasteiger partial charge is 0.508 e. The van der Waals surface area contributed by atoms with Gasteiger partial charge in [0.1, 0.15) is 24.1 Å². The molecule has 2 aromatic rings. The molecule has 12 heteroatoms. The molecule has 1 heterocycles. The number of ether oxygens (including phenoxy) is 3. The standard InChI is InChI=1S/C27H28O12/c1-37-21-11-15(5-9-20(21)38-27-24(34)22(32)23(33)25(39-27)26(35)36)3-7-18(30)12-17(29)6-2-14-4-8-19(31)16(10-14)13-28/h2-11,22-25,27-28,31-34H,12-13H2,1H3,(H,35,36)/b6-2+,7-3+. The summed E-state index contributed by atoms with van der Waals surface area (Å²) in [6.45, 7) is -0.364. The molecule has 1 aliphatic heterocycles. The number of aliphatic hydroxyl groups is 4. The lowest BCUT2D eigenvalue weighted by Gasteiger charge is -2.38. The van der Waals surface area contributed by atoms with Crippen LogP contribution in [-0.4, -0.2) is 86.0 Å². The molecule has 0 aliphatic carbocycles. The van der Waals surface area contributed by atoms with Gasteiger partial charge in [-0.05, 0) is 47.5 Å². The van der Waals surface area contributed by atoms with E-state index in [1.807, 2.05) is 0 Å². The highest BCUT2D eigenvalue weighted by Gasteiger charge is 2.48. The van der Waals surface area contributed by atoms with E-state index in [4.69, 9.17) is 19.3 Å². The zero-order valence-corrected chi connectivity index (χ0v) is 20.7. The number of aliphatic hydroxyl groups excluding tert-OH is 4. The maximum atomic E-state index is 12.2. The quantitative estimate of drug-likeness (QED) is 0.168. The topological polar surface area (TPSA) is 200 Å². The van der Waals surface area contributed by atoms with Crippen LogP contribution in [0.4, 0.5) is 0 Å². The van der Waals surface area contributed by atoms with Crippen molar-refractivity contribution in [2.45, 2.75) is 43.7 Å². The Morgan fingerprint density at radius 3 is 2.10 bits per heavy atom. The first-order valence-electron chi connectivity index (χ1n) is 11.7. The van der Waals surface area contributed by atoms with Crippen LogP contribution in [0.2, 0.25) is 0 Å². The van der Waals surface area contributed by atoms with Gasteiger partial charge >= 0.3 is 5.97 Å². The van der Waals surface area contributed by atoms with Crippen LogP contribution in [0, 0.1) is 0 Å². The molecular formula is C27H28O12. The van der Waals surface area contributed by atoms with E-state index in [1.54, 1.807) is 6.07 Å². The number of phenols is 1. The van der Waals surface area contributed by atoms with Crippen molar-refractivity contribution in [1.82, 2.24) is 0 Å². The number of rotatable bonds is 11. The first-order valence-corrected chi connectivity index (χ1v) is 11.7. The number of ketones is 2. The first-order chi connectivity index (χ1) is 18.5. The first kappa shape index (κ1) is 29.5. The summed E-state index contributed by atoms with van der Waals surface area (Å²) in [6.07, 6.45) is -3.98. The van der Waals surface area contributed by atoms with Gasteiger partial charge in [-0.2, -0.15) is 0 Å². The second-order valence-corrected chi connectivity index (χ2v) is 8.59. The molecule has 0 amide bonds. The van der Waals surface area contributed by atoms with Crippen molar-refractivity contribution >= 4 is 29.7 Å². The molecule has 208 valence electrons. The molecule has 2 aromatic carbocycles. The number of benzene rings is 2. The molecule has 0 radical (unpaired) electrons. The fourth-order valence-electron chi connectivity index (χ4n) is 3.66. The van der Waals surface area contributed by atoms with Crippen LogP contribution in [0.25, 0.3) is 12.2 Å². The Hall–Kier alpha value is -4.07. The number of allylic oxidation sites excluding steroid dienone is 2. The number of carboxylic acid groups (broad SMARTS) is 1. The highest BCUT2D eigenvalue weighted by molar-refractivity contribution is 6.10. The number of carbonyl (C=O) groups is 3. The molecule has 0 aromatic heterocycles. The Kier molecular flexibility index (Phi) is 9.93. The summed E-state index contributed by atoms with van der Waals surface area (Å²) in [4.78, 5) is 35.7. The van der Waals surface area contributed by atoms with E-state index in [0.717, 1.165) is 0 Å². The molecule has 1 aliphatic rings. The molecule has 1 fully saturated rings. The summed E-state index contributed by atoms with van der Waals surface area (Å²) in [6, 6.07) is 8.84. The van der Waals surface area contributed by atoms with Crippen molar-refractivity contribution in [2.24, 2.45) is 0 Å². The van der Waals surface area contributed by atoms with Gasteiger partial charge < -0.3 is 44.8 Å². The lowest BCUT2D eigenvalue weighted by atomic mass is 9.99. The van der Waals surface area contributed by atoms with Crippen molar-refractivity contribution in [2.75, 3.05) is 7.11 Å². The van der Waals surface area contributed by atoms with Crippen molar-refractivity contribution in [1.29, 1.82) is 0 Å². The number of carbonyl (C=O) groups excluding carboxylic acids is 2. The molecular weight excluding hydrogens is 516 g/mol. The number of hydrogen-bond donors (Lipinski definition) is 6. The molecule has 0 saturated carbocycles. The van der Waals surface area contributed by atoms with Crippen LogP contribution >= 0.6 is 0 Å². The molecule has 6 N–H and O–H groups in total. The average molecular weight is 545 g/mol. The van der Waals surface area contributed by atoms with Gasteiger partial charge in [-0.25, -0.2) is 4.79 Å². The second kappa shape index (κ2) is 13.1. The Bertz CT molecular complexity index is 1270. The highest BCUT2D eigenvalue weighted by atomic mass is 16.7. The SMILES string of the molecule is COc1cc(/C=C/C(=O)CC(=O)/C=C/c2ccc(O)c(CO)c2)ccc1OC1OC(C(=O)O)C(O)C(O)C1O. The van der Waals surface area contributed by atoms with Crippen molar-refractivity contribution in [3.8, 4) is 17.2 Å². The van der Waals surface area contributed by atoms with E-state index >= 15 is 0 Å². The molecule has 3 rings (SSSR count). The predicted molar refractivity (Wildman–Crippen MR) is 135 cm³/mol. The number of methoxy groups -OCH3 is 1. The van der Waals surface area contributed by atoms with E-state index in [-0.39, 0.29) is 23.9 Å². The Morgan fingerprint density at radius 2 is 1.51 bits per heavy atom. The second-order valence-electron chi connectivity index (χ2n) is 8.59. The monoisotopic (exact) mass is 544 g/mol. The van der Waals surface area contributed by atoms with Gasteiger partial charge in [0, 0.05) is 5.56 Å². The zero-order valence-electron chi connectivity index (χ0n) is 20.7. The van der Waals surface area contributed by atoms with Gasteiger partial charge in [-0.1, -0.05) is 24.3 Å². The number of hydrogen-bond acceptors (Lipinski definition) is 11. The summed E-state index contributed by atoms with van der Waals surface area (Å²) in [5.41, 5.74) is 1.36. The van der Waals surface area contributed by atoms with Crippen LogP contribution in [0.5, 0.6) is 17.2 Å². The molecule has 1 saturated heterocycles. The average Bonchev–Trinajstić information content (AvgIpc) is 2.91. The lowest BCUT2D eigenvalue weighted by molar-refractivity contribution is -0.271. The van der Waals surface area contributed by atoms with Crippen molar-refractivity contribution < 1.29 is 59.2 Å². The normalized spacial score (nSPS) is 23.2. The van der Waals surface area contributed by atoms with Crippen LogP contribution in [0.15, 0.2) is 48.6 Å². The fourth-order valence-corrected chi connectivity index (χ4v) is 3.66. The summed E-state index contributed by atoms with van der Waals surface area (Å²) >= 11 is 0. The summed E-state index contributed by atoms with van der Waals surface area (Å²) in [5.74, 6) is -2.40. The molecule has 12 nitrogen and oxygen atoms in total. The van der Waals surface area contributed by atoms with Gasteiger partial charge in [0.05, 0.1) is 20.1 Å². The number of aliphatic carboxylic acids is 1. The van der Waals surface area contributed by atoms with Gasteiger partial charge in [0.25, 0.3) is 0 Å². The fraction of sp³-hybridized carbons (Fsp3) is 0.296. The van der Waals surface area contributed by atoms with Crippen molar-refractivity contribution in [3.63, 3.8) is 0 Å². The van der Waals surface area contributed by atoms with Gasteiger partial charge in [-0.3, -0.25) is 9.59 Å². The maximum absolute atomic E-state index is 12.2. The Morgan fingerprint density at radius 1 is 0.897 bits per heavy atom. The Labute approximate surface area is 222 Å². The van der Waals surface area contributed by atoms with E-state index < -0.39 is 54.7 Å². The van der Waals surface area contributed by atoms with E-state index in [1.165, 1.54) is 61.7 Å². The third kappa shape index (κ3) is 7.50. The lowest BCUT2D eigenvalue weighted by Crippen LogP contribution is -2.61. The van der Waals surface area contributed by atoms with Crippen LogP contribution < -0.4 is 9.47 Å². The minimum absolute atomic E-state index is 0.0247. The summed E-state index contributed by atoms with van der Waals surface area (Å²) in [7, 11) is 1.32. The zero-order chi connectivity index (χ0) is 28.7. The summed E-state index contributed by atoms with van der Waals surface area (Å²) in [5, 5.41) is 57.9. The Balaban J connectivity index is 1.63. The molecule has 5 unspecified atom stereocenters. The summed E-state index contributed by atoms with van der Waals surface area (Å²) < 4.78 is 15.9. The third-order valence-electron chi connectivity index (χ3n) is 5.79. The smallest absolute Gasteiger partial charge is 0.335 e. The van der Waals surface area contributed by atoms with Crippen LogP contribution in [0.1, 0.15) is 23.1 Å². The number of carboxylic acids is 1. The van der Waals surface area contributed by atoms with E-state index in [2.05, 4.69) is 0 Å². The maximum Gasteiger partial charge on any atom is 0.335 e. The highest BCUT2D eigenvalue weighted by Crippen LogP contribution is 2.32. The number of aromatic hydroxyl groups is 1. The van der Waals surface area contributed by atoms with E-state index in [9.17, 15) is 39.9 Å². The van der Waals surface area contributed by atoms with Gasteiger partial charge in [0.2, 0.25) is 6.29 Å². The molecule has 5 atom stereocenters. The van der Waals surface area contributed by atoms with E-state index in [0.29, 0.717) is 16.7 Å². The minimum Gasteiger partial charge on any atom is -0.508 e. The molecule has 0 spiro atoms. The van der Waals surface area contributed by atoms with Crippen molar-refractivity contribution in [3.05, 3.63) is 65.2 Å². The predicted octanol–water partition coefficient (Wildman–Crippen LogP) is 0.419. The molecule has 39 heavy (non-hydrogen) atoms. The van der Waals surface area contributed by atoms with Crippen LogP contribution in [-0.2, 0) is 25.7 Å². The van der Waals surface area contributed by atoms with Gasteiger partial charge in [0.15, 0.2) is 29.2 Å². The van der Waals surface area contributed by atoms with Gasteiger partial charge in [-0.15, -0.1) is 0 Å². The molecule has 0 bridgehead atoms. The minimum atomic E-state index is -1.86. The third-order valence-corrected chi connectivity index (χ3v) is 5.79. The van der Waals surface area contributed by atoms with Crippen LogP contribution in [0.3, 0.4) is 0 Å².